The van der Waals surface area contributed by atoms with Gasteiger partial charge in [0.25, 0.3) is 0 Å². The number of rotatable bonds is 5. The van der Waals surface area contributed by atoms with Gasteiger partial charge in [-0.3, -0.25) is 4.79 Å². The minimum atomic E-state index is 0.0306. The van der Waals surface area contributed by atoms with E-state index in [1.165, 1.54) is 0 Å². The summed E-state index contributed by atoms with van der Waals surface area (Å²) < 4.78 is 0.918. The van der Waals surface area contributed by atoms with E-state index in [4.69, 9.17) is 0 Å². The van der Waals surface area contributed by atoms with Gasteiger partial charge in [-0.2, -0.15) is 0 Å². The van der Waals surface area contributed by atoms with E-state index in [1.54, 1.807) is 23.1 Å². The highest BCUT2D eigenvalue weighted by Gasteiger charge is 2.06. The van der Waals surface area contributed by atoms with E-state index in [1.807, 2.05) is 38.1 Å². The molecule has 0 saturated carbocycles. The van der Waals surface area contributed by atoms with Crippen LogP contribution in [0.1, 0.15) is 17.0 Å². The second kappa shape index (κ2) is 6.68. The zero-order valence-corrected chi connectivity index (χ0v) is 12.5. The molecule has 0 aliphatic rings. The molecular weight excluding hydrogens is 278 g/mol. The number of hydrogen-bond donors (Lipinski definition) is 1. The summed E-state index contributed by atoms with van der Waals surface area (Å²) >= 11 is 3.12. The summed E-state index contributed by atoms with van der Waals surface area (Å²) in [6.07, 6.45) is 0.470. The molecule has 0 aliphatic heterocycles. The van der Waals surface area contributed by atoms with Crippen LogP contribution >= 0.6 is 23.1 Å². The molecule has 6 heteroatoms. The molecule has 1 aromatic heterocycles. The summed E-state index contributed by atoms with van der Waals surface area (Å²) in [5.74, 6) is 0.745. The predicted octanol–water partition coefficient (Wildman–Crippen LogP) is 3.28. The van der Waals surface area contributed by atoms with E-state index >= 15 is 0 Å². The molecule has 1 heterocycles. The minimum absolute atomic E-state index is 0.0306. The number of carbonyl (C=O) groups is 1. The number of amides is 1. The number of anilines is 1. The normalized spacial score (nSPS) is 10.4. The molecule has 100 valence electrons. The molecule has 0 saturated heterocycles. The second-order valence-corrected chi connectivity index (χ2v) is 6.57. The Kier molecular flexibility index (Phi) is 4.93. The van der Waals surface area contributed by atoms with Crippen molar-refractivity contribution in [1.82, 2.24) is 10.2 Å². The van der Waals surface area contributed by atoms with Gasteiger partial charge in [0.1, 0.15) is 5.01 Å². The summed E-state index contributed by atoms with van der Waals surface area (Å²) in [6, 6.07) is 7.77. The van der Waals surface area contributed by atoms with Crippen LogP contribution in [0, 0.1) is 13.8 Å². The predicted molar refractivity (Wildman–Crippen MR) is 79.8 cm³/mol. The van der Waals surface area contributed by atoms with Gasteiger partial charge in [0.05, 0.1) is 0 Å². The lowest BCUT2D eigenvalue weighted by atomic mass is 10.2. The molecule has 4 nitrogen and oxygen atoms in total. The molecule has 0 radical (unpaired) electrons. The lowest BCUT2D eigenvalue weighted by Crippen LogP contribution is -2.12. The van der Waals surface area contributed by atoms with Gasteiger partial charge in [0.15, 0.2) is 4.34 Å². The van der Waals surface area contributed by atoms with Crippen molar-refractivity contribution < 1.29 is 4.79 Å². The first-order valence-electron chi connectivity index (χ1n) is 5.93. The van der Waals surface area contributed by atoms with Crippen LogP contribution in [0.25, 0.3) is 0 Å². The van der Waals surface area contributed by atoms with Crippen LogP contribution in [0.2, 0.25) is 0 Å². The third-order valence-corrected chi connectivity index (χ3v) is 4.46. The van der Waals surface area contributed by atoms with Crippen molar-refractivity contribution in [2.45, 2.75) is 24.6 Å². The molecule has 2 rings (SSSR count). The Morgan fingerprint density at radius 3 is 2.79 bits per heavy atom. The maximum absolute atomic E-state index is 11.8. The Balaban J connectivity index is 1.77. The number of benzene rings is 1. The van der Waals surface area contributed by atoms with Crippen LogP contribution in [-0.4, -0.2) is 21.9 Å². The summed E-state index contributed by atoms with van der Waals surface area (Å²) in [4.78, 5) is 11.8. The van der Waals surface area contributed by atoms with Gasteiger partial charge in [-0.15, -0.1) is 10.2 Å². The molecule has 0 fully saturated rings. The molecule has 1 aromatic carbocycles. The SMILES string of the molecule is Cc1nnc(SCCC(=O)Nc2ccccc2C)s1. The van der Waals surface area contributed by atoms with E-state index < -0.39 is 0 Å². The molecule has 1 amide bonds. The molecule has 1 N–H and O–H groups in total. The highest BCUT2D eigenvalue weighted by molar-refractivity contribution is 8.01. The maximum atomic E-state index is 11.8. The van der Waals surface area contributed by atoms with Gasteiger partial charge >= 0.3 is 0 Å². The van der Waals surface area contributed by atoms with Gasteiger partial charge < -0.3 is 5.32 Å². The molecule has 0 spiro atoms. The molecule has 0 atom stereocenters. The molecular formula is C13H15N3OS2. The number of thioether (sulfide) groups is 1. The van der Waals surface area contributed by atoms with Crippen molar-refractivity contribution in [3.05, 3.63) is 34.8 Å². The Morgan fingerprint density at radius 2 is 2.11 bits per heavy atom. The zero-order chi connectivity index (χ0) is 13.7. The number of hydrogen-bond acceptors (Lipinski definition) is 5. The quantitative estimate of drug-likeness (QED) is 0.860. The highest BCUT2D eigenvalue weighted by Crippen LogP contribution is 2.22. The van der Waals surface area contributed by atoms with Crippen molar-refractivity contribution in [3.63, 3.8) is 0 Å². The number of aryl methyl sites for hydroxylation is 2. The van der Waals surface area contributed by atoms with Crippen LogP contribution < -0.4 is 5.32 Å². The van der Waals surface area contributed by atoms with E-state index in [2.05, 4.69) is 15.5 Å². The van der Waals surface area contributed by atoms with E-state index in [0.29, 0.717) is 12.2 Å². The number of nitrogens with one attached hydrogen (secondary N) is 1. The standard InChI is InChI=1S/C13H15N3OS2/c1-9-5-3-4-6-11(9)14-12(17)7-8-18-13-16-15-10(2)19-13/h3-6H,7-8H2,1-2H3,(H,14,17). The van der Waals surface area contributed by atoms with Gasteiger partial charge in [-0.1, -0.05) is 41.3 Å². The first kappa shape index (κ1) is 14.0. The third-order valence-electron chi connectivity index (χ3n) is 2.48. The first-order valence-corrected chi connectivity index (χ1v) is 7.74. The van der Waals surface area contributed by atoms with Crippen LogP contribution in [0.5, 0.6) is 0 Å². The fourth-order valence-electron chi connectivity index (χ4n) is 1.49. The second-order valence-electron chi connectivity index (χ2n) is 4.05. The van der Waals surface area contributed by atoms with Crippen LogP contribution in [-0.2, 0) is 4.79 Å². The number of carbonyl (C=O) groups excluding carboxylic acids is 1. The van der Waals surface area contributed by atoms with Crippen molar-refractivity contribution in [2.24, 2.45) is 0 Å². The summed E-state index contributed by atoms with van der Waals surface area (Å²) in [5.41, 5.74) is 1.95. The largest absolute Gasteiger partial charge is 0.326 e. The van der Waals surface area contributed by atoms with Gasteiger partial charge in [-0.05, 0) is 25.5 Å². The van der Waals surface area contributed by atoms with E-state index in [0.717, 1.165) is 20.6 Å². The van der Waals surface area contributed by atoms with Crippen molar-refractivity contribution in [2.75, 3.05) is 11.1 Å². The lowest BCUT2D eigenvalue weighted by molar-refractivity contribution is -0.115. The smallest absolute Gasteiger partial charge is 0.225 e. The Morgan fingerprint density at radius 1 is 1.32 bits per heavy atom. The fraction of sp³-hybridized carbons (Fsp3) is 0.308. The number of aromatic nitrogens is 2. The molecule has 0 bridgehead atoms. The monoisotopic (exact) mass is 293 g/mol. The number of nitrogens with zero attached hydrogens (tertiary/aromatic N) is 2. The van der Waals surface area contributed by atoms with Gasteiger partial charge in [-0.25, -0.2) is 0 Å². The first-order chi connectivity index (χ1) is 9.15. The maximum Gasteiger partial charge on any atom is 0.225 e. The Bertz CT molecular complexity index is 569. The Hall–Kier alpha value is -1.40. The summed E-state index contributed by atoms with van der Waals surface area (Å²) in [5, 5.41) is 11.8. The molecule has 2 aromatic rings. The van der Waals surface area contributed by atoms with E-state index in [9.17, 15) is 4.79 Å². The summed E-state index contributed by atoms with van der Waals surface area (Å²) in [7, 11) is 0. The average molecular weight is 293 g/mol. The lowest BCUT2D eigenvalue weighted by Gasteiger charge is -2.07. The average Bonchev–Trinajstić information content (AvgIpc) is 2.78. The summed E-state index contributed by atoms with van der Waals surface area (Å²) in [6.45, 7) is 3.90. The van der Waals surface area contributed by atoms with Gasteiger partial charge in [0.2, 0.25) is 5.91 Å². The van der Waals surface area contributed by atoms with Crippen molar-refractivity contribution in [1.29, 1.82) is 0 Å². The minimum Gasteiger partial charge on any atom is -0.326 e. The van der Waals surface area contributed by atoms with Crippen molar-refractivity contribution in [3.8, 4) is 0 Å². The third kappa shape index (κ3) is 4.33. The van der Waals surface area contributed by atoms with Crippen LogP contribution in [0.15, 0.2) is 28.6 Å². The molecule has 0 aliphatic carbocycles. The molecule has 19 heavy (non-hydrogen) atoms. The van der Waals surface area contributed by atoms with Crippen molar-refractivity contribution >= 4 is 34.7 Å². The Labute approximate surface area is 120 Å². The number of para-hydroxylation sites is 1. The topological polar surface area (TPSA) is 54.9 Å². The fourth-order valence-corrected chi connectivity index (χ4v) is 3.32. The molecule has 0 unspecified atom stereocenters. The van der Waals surface area contributed by atoms with E-state index in [-0.39, 0.29) is 5.91 Å². The zero-order valence-electron chi connectivity index (χ0n) is 10.8. The van der Waals surface area contributed by atoms with Crippen LogP contribution in [0.4, 0.5) is 5.69 Å². The highest BCUT2D eigenvalue weighted by atomic mass is 32.2. The van der Waals surface area contributed by atoms with Gasteiger partial charge in [0, 0.05) is 17.9 Å². The van der Waals surface area contributed by atoms with Crippen LogP contribution in [0.3, 0.4) is 0 Å².